The van der Waals surface area contributed by atoms with Gasteiger partial charge in [0.2, 0.25) is 0 Å². The molecule has 0 fully saturated rings. The normalized spacial score (nSPS) is 10.5. The van der Waals surface area contributed by atoms with E-state index in [1.165, 1.54) is 6.07 Å². The van der Waals surface area contributed by atoms with Crippen molar-refractivity contribution in [1.82, 2.24) is 0 Å². The summed E-state index contributed by atoms with van der Waals surface area (Å²) >= 11 is 12.7. The van der Waals surface area contributed by atoms with E-state index < -0.39 is 0 Å². The van der Waals surface area contributed by atoms with E-state index in [0.717, 1.165) is 20.3 Å². The summed E-state index contributed by atoms with van der Waals surface area (Å²) in [6, 6.07) is 8.44. The van der Waals surface area contributed by atoms with Crippen LogP contribution >= 0.6 is 43.5 Å². The Kier molecular flexibility index (Phi) is 5.90. The van der Waals surface area contributed by atoms with Crippen molar-refractivity contribution in [1.29, 1.82) is 0 Å². The van der Waals surface area contributed by atoms with Crippen LogP contribution in [-0.4, -0.2) is 6.61 Å². The molecule has 0 unspecified atom stereocenters. The molecule has 2 rings (SSSR count). The van der Waals surface area contributed by atoms with Crippen molar-refractivity contribution in [3.8, 4) is 5.75 Å². The van der Waals surface area contributed by atoms with Gasteiger partial charge in [0, 0.05) is 11.6 Å². The maximum atomic E-state index is 13.7. The van der Waals surface area contributed by atoms with Gasteiger partial charge < -0.3 is 10.1 Å². The first kappa shape index (κ1) is 16.6. The third-order valence-electron chi connectivity index (χ3n) is 2.76. The monoisotopic (exact) mass is 435 g/mol. The molecule has 0 atom stereocenters. The Bertz CT molecular complexity index is 629. The highest BCUT2D eigenvalue weighted by Crippen LogP contribution is 2.35. The third kappa shape index (κ3) is 4.34. The lowest BCUT2D eigenvalue weighted by Crippen LogP contribution is -2.02. The zero-order valence-corrected chi connectivity index (χ0v) is 15.1. The summed E-state index contributed by atoms with van der Waals surface area (Å²) in [4.78, 5) is 0. The molecule has 2 aromatic carbocycles. The van der Waals surface area contributed by atoms with Gasteiger partial charge >= 0.3 is 0 Å². The highest BCUT2D eigenvalue weighted by atomic mass is 79.9. The van der Waals surface area contributed by atoms with Crippen molar-refractivity contribution in [2.75, 3.05) is 11.9 Å². The zero-order valence-electron chi connectivity index (χ0n) is 11.2. The molecule has 112 valence electrons. The number of hydrogen-bond donors (Lipinski definition) is 1. The van der Waals surface area contributed by atoms with Gasteiger partial charge in [0.05, 0.1) is 21.2 Å². The number of benzene rings is 2. The number of hydrogen-bond acceptors (Lipinski definition) is 2. The maximum absolute atomic E-state index is 13.7. The van der Waals surface area contributed by atoms with Crippen LogP contribution in [0.1, 0.15) is 12.5 Å². The molecule has 0 aliphatic rings. The predicted molar refractivity (Wildman–Crippen MR) is 91.7 cm³/mol. The van der Waals surface area contributed by atoms with Gasteiger partial charge in [0.25, 0.3) is 0 Å². The molecule has 0 heterocycles. The van der Waals surface area contributed by atoms with Gasteiger partial charge in [-0.2, -0.15) is 0 Å². The van der Waals surface area contributed by atoms with E-state index in [1.54, 1.807) is 12.1 Å². The van der Waals surface area contributed by atoms with Gasteiger partial charge in [-0.1, -0.05) is 11.6 Å². The molecule has 6 heteroatoms. The van der Waals surface area contributed by atoms with Crippen molar-refractivity contribution in [2.24, 2.45) is 0 Å². The average molecular weight is 438 g/mol. The molecule has 0 aliphatic heterocycles. The van der Waals surface area contributed by atoms with Gasteiger partial charge in [-0.15, -0.1) is 0 Å². The summed E-state index contributed by atoms with van der Waals surface area (Å²) in [6.45, 7) is 3.00. The molecule has 0 amide bonds. The molecule has 2 aromatic rings. The largest absolute Gasteiger partial charge is 0.492 e. The first-order valence-corrected chi connectivity index (χ1v) is 8.27. The maximum Gasteiger partial charge on any atom is 0.147 e. The van der Waals surface area contributed by atoms with Crippen LogP contribution in [0.25, 0.3) is 0 Å². The van der Waals surface area contributed by atoms with Crippen molar-refractivity contribution < 1.29 is 9.13 Å². The minimum atomic E-state index is -0.369. The van der Waals surface area contributed by atoms with E-state index in [4.69, 9.17) is 16.3 Å². The molecule has 0 saturated carbocycles. The average Bonchev–Trinajstić information content (AvgIpc) is 2.42. The fraction of sp³-hybridized carbons (Fsp3) is 0.200. The van der Waals surface area contributed by atoms with E-state index in [-0.39, 0.29) is 5.82 Å². The Balaban J connectivity index is 2.13. The smallest absolute Gasteiger partial charge is 0.147 e. The molecule has 0 radical (unpaired) electrons. The topological polar surface area (TPSA) is 21.3 Å². The summed E-state index contributed by atoms with van der Waals surface area (Å²) < 4.78 is 20.9. The summed E-state index contributed by atoms with van der Waals surface area (Å²) in [6.07, 6.45) is 0. The van der Waals surface area contributed by atoms with Crippen LogP contribution in [0.4, 0.5) is 10.1 Å². The van der Waals surface area contributed by atoms with Crippen LogP contribution in [0.2, 0.25) is 5.02 Å². The van der Waals surface area contributed by atoms with Gasteiger partial charge in [-0.3, -0.25) is 0 Å². The molecule has 0 aromatic heterocycles. The fourth-order valence-electron chi connectivity index (χ4n) is 1.83. The molecule has 0 aliphatic carbocycles. The molecule has 1 N–H and O–H groups in total. The minimum absolute atomic E-state index is 0.369. The first-order chi connectivity index (χ1) is 10.0. The Morgan fingerprint density at radius 1 is 1.19 bits per heavy atom. The van der Waals surface area contributed by atoms with Crippen molar-refractivity contribution in [2.45, 2.75) is 13.5 Å². The predicted octanol–water partition coefficient (Wildman–Crippen LogP) is 6.01. The first-order valence-electron chi connectivity index (χ1n) is 6.31. The van der Waals surface area contributed by atoms with Crippen molar-refractivity contribution >= 4 is 49.1 Å². The number of rotatable bonds is 5. The number of ether oxygens (including phenoxy) is 1. The Morgan fingerprint density at radius 3 is 2.43 bits per heavy atom. The van der Waals surface area contributed by atoms with Gasteiger partial charge in [-0.05, 0) is 74.7 Å². The molecular formula is C15H13Br2ClFNO. The van der Waals surface area contributed by atoms with Crippen molar-refractivity contribution in [3.63, 3.8) is 0 Å². The second-order valence-corrected chi connectivity index (χ2v) is 6.44. The van der Waals surface area contributed by atoms with Crippen LogP contribution in [-0.2, 0) is 6.54 Å². The van der Waals surface area contributed by atoms with Gasteiger partial charge in [0.1, 0.15) is 11.6 Å². The van der Waals surface area contributed by atoms with Gasteiger partial charge in [0.15, 0.2) is 0 Å². The minimum Gasteiger partial charge on any atom is -0.492 e. The summed E-state index contributed by atoms with van der Waals surface area (Å²) in [5.74, 6) is 0.394. The van der Waals surface area contributed by atoms with E-state index in [1.807, 2.05) is 19.1 Å². The Morgan fingerprint density at radius 2 is 1.86 bits per heavy atom. The van der Waals surface area contributed by atoms with E-state index >= 15 is 0 Å². The second-order valence-electron chi connectivity index (χ2n) is 4.30. The molecule has 0 spiro atoms. The number of anilines is 1. The Labute approximate surface area is 144 Å². The lowest BCUT2D eigenvalue weighted by molar-refractivity contribution is 0.336. The van der Waals surface area contributed by atoms with Crippen molar-refractivity contribution in [3.05, 3.63) is 55.7 Å². The van der Waals surface area contributed by atoms with E-state index in [2.05, 4.69) is 37.2 Å². The lowest BCUT2D eigenvalue weighted by Gasteiger charge is -2.12. The standard InChI is InChI=1S/C15H13Br2ClFNO/c1-2-21-15-11(16)5-9(6-12(15)17)8-20-14-4-3-10(18)7-13(14)19/h3-7,20H,2,8H2,1H3. The molecule has 0 bridgehead atoms. The van der Waals surface area contributed by atoms with E-state index in [0.29, 0.717) is 23.9 Å². The molecular weight excluding hydrogens is 424 g/mol. The number of nitrogens with one attached hydrogen (secondary N) is 1. The molecule has 2 nitrogen and oxygen atoms in total. The quantitative estimate of drug-likeness (QED) is 0.618. The second kappa shape index (κ2) is 7.47. The SMILES string of the molecule is CCOc1c(Br)cc(CNc2ccc(Cl)cc2F)cc1Br. The summed E-state index contributed by atoms with van der Waals surface area (Å²) in [7, 11) is 0. The van der Waals surface area contributed by atoms with Crippen LogP contribution in [0.5, 0.6) is 5.75 Å². The fourth-order valence-corrected chi connectivity index (χ4v) is 3.50. The molecule has 21 heavy (non-hydrogen) atoms. The lowest BCUT2D eigenvalue weighted by atomic mass is 10.2. The van der Waals surface area contributed by atoms with Crippen LogP contribution in [0.3, 0.4) is 0 Å². The molecule has 0 saturated heterocycles. The van der Waals surface area contributed by atoms with Crippen LogP contribution in [0, 0.1) is 5.82 Å². The van der Waals surface area contributed by atoms with Crippen LogP contribution < -0.4 is 10.1 Å². The zero-order chi connectivity index (χ0) is 15.4. The van der Waals surface area contributed by atoms with E-state index in [9.17, 15) is 4.39 Å². The summed E-state index contributed by atoms with van der Waals surface area (Å²) in [5, 5.41) is 3.43. The highest BCUT2D eigenvalue weighted by Gasteiger charge is 2.09. The summed E-state index contributed by atoms with van der Waals surface area (Å²) in [5.41, 5.74) is 1.41. The Hall–Kier alpha value is -0.780. The number of halogens is 4. The van der Waals surface area contributed by atoms with Crippen LogP contribution in [0.15, 0.2) is 39.3 Å². The highest BCUT2D eigenvalue weighted by molar-refractivity contribution is 9.11. The van der Waals surface area contributed by atoms with Gasteiger partial charge in [-0.25, -0.2) is 4.39 Å². The third-order valence-corrected chi connectivity index (χ3v) is 4.17.